The van der Waals surface area contributed by atoms with E-state index in [9.17, 15) is 0 Å². The fourth-order valence-corrected chi connectivity index (χ4v) is 4.90. The van der Waals surface area contributed by atoms with Crippen molar-refractivity contribution >= 4 is 5.69 Å². The van der Waals surface area contributed by atoms with Crippen LogP contribution in [-0.4, -0.2) is 0 Å². The first kappa shape index (κ1) is 20.5. The number of fused-ring (bicyclic) bond motifs is 1. The van der Waals surface area contributed by atoms with Crippen LogP contribution in [-0.2, 0) is 4.84 Å². The minimum Gasteiger partial charge on any atom is -0.461 e. The van der Waals surface area contributed by atoms with Crippen molar-refractivity contribution < 1.29 is 9.25 Å². The average molecular weight is 444 g/mol. The van der Waals surface area contributed by atoms with Gasteiger partial charge < -0.3 is 4.42 Å². The molecule has 1 aliphatic rings. The highest BCUT2D eigenvalue weighted by Crippen LogP contribution is 2.51. The lowest BCUT2D eigenvalue weighted by atomic mass is 9.87. The van der Waals surface area contributed by atoms with Crippen LogP contribution >= 0.6 is 0 Å². The number of hydrogen-bond acceptors (Lipinski definition) is 3. The van der Waals surface area contributed by atoms with E-state index >= 15 is 0 Å². The number of hydroxylamine groups is 1. The Balaban J connectivity index is 1.65. The van der Waals surface area contributed by atoms with Crippen LogP contribution in [0.25, 0.3) is 11.3 Å². The first-order chi connectivity index (χ1) is 16.8. The predicted octanol–water partition coefficient (Wildman–Crippen LogP) is 7.89. The van der Waals surface area contributed by atoms with Crippen LogP contribution in [0.2, 0.25) is 0 Å². The van der Waals surface area contributed by atoms with Crippen molar-refractivity contribution in [1.29, 1.82) is 0 Å². The maximum absolute atomic E-state index is 6.86. The molecule has 0 saturated heterocycles. The van der Waals surface area contributed by atoms with E-state index in [1.54, 1.807) is 0 Å². The van der Waals surface area contributed by atoms with Gasteiger partial charge in [-0.1, -0.05) is 109 Å². The van der Waals surface area contributed by atoms with Gasteiger partial charge in [0.15, 0.2) is 0 Å². The van der Waals surface area contributed by atoms with Gasteiger partial charge in [-0.25, -0.2) is 5.06 Å². The average Bonchev–Trinajstić information content (AvgIpc) is 3.27. The molecule has 0 amide bonds. The summed E-state index contributed by atoms with van der Waals surface area (Å²) in [5.41, 5.74) is 6.57. The molecule has 0 fully saturated rings. The smallest absolute Gasteiger partial charge is 0.140 e. The van der Waals surface area contributed by atoms with Gasteiger partial charge in [-0.2, -0.15) is 0 Å². The maximum atomic E-state index is 6.86. The summed E-state index contributed by atoms with van der Waals surface area (Å²) in [6, 6.07) is 41.4. The maximum Gasteiger partial charge on any atom is 0.140 e. The van der Waals surface area contributed by atoms with Crippen molar-refractivity contribution in [1.82, 2.24) is 0 Å². The lowest BCUT2D eigenvalue weighted by Crippen LogP contribution is -2.37. The molecule has 2 heterocycles. The van der Waals surface area contributed by atoms with Gasteiger partial charge in [0.25, 0.3) is 0 Å². The highest BCUT2D eigenvalue weighted by atomic mass is 16.7. The normalized spacial score (nSPS) is 17.4. The Hall–Kier alpha value is -4.08. The van der Waals surface area contributed by atoms with Gasteiger partial charge >= 0.3 is 0 Å². The second kappa shape index (κ2) is 8.69. The third-order valence-corrected chi connectivity index (χ3v) is 6.42. The number of nitrogens with zero attached hydrogens (tertiary/aromatic N) is 1. The van der Waals surface area contributed by atoms with E-state index in [2.05, 4.69) is 90.0 Å². The molecule has 34 heavy (non-hydrogen) atoms. The number of anilines is 1. The van der Waals surface area contributed by atoms with Crippen LogP contribution in [0.15, 0.2) is 126 Å². The standard InChI is InChI=1S/C31H25NO2/c1-22-27-28(30(33-22)24-16-8-3-9-17-24)29(23-14-6-2-7-15-23)32(26-20-12-5-13-21-26)34-31(27)25-18-10-4-11-19-25/h2-21,29,31H,1H3/t29-,31+/m1/s1. The van der Waals surface area contributed by atoms with Gasteiger partial charge in [0, 0.05) is 16.7 Å². The zero-order valence-corrected chi connectivity index (χ0v) is 19.0. The van der Waals surface area contributed by atoms with Crippen molar-refractivity contribution in [3.05, 3.63) is 149 Å². The summed E-state index contributed by atoms with van der Waals surface area (Å²) in [6.07, 6.45) is -0.280. The Morgan fingerprint density at radius 2 is 1.12 bits per heavy atom. The highest BCUT2D eigenvalue weighted by Gasteiger charge is 2.42. The van der Waals surface area contributed by atoms with Crippen LogP contribution in [0, 0.1) is 6.92 Å². The second-order valence-corrected chi connectivity index (χ2v) is 8.55. The molecule has 166 valence electrons. The number of hydrogen-bond donors (Lipinski definition) is 0. The van der Waals surface area contributed by atoms with E-state index in [0.717, 1.165) is 45.0 Å². The first-order valence-electron chi connectivity index (χ1n) is 11.6. The number of aryl methyl sites for hydroxylation is 1. The van der Waals surface area contributed by atoms with Crippen LogP contribution in [0.3, 0.4) is 0 Å². The minimum atomic E-state index is -0.280. The van der Waals surface area contributed by atoms with Gasteiger partial charge in [-0.3, -0.25) is 4.84 Å². The summed E-state index contributed by atoms with van der Waals surface area (Å²) in [5.74, 6) is 1.78. The molecule has 0 bridgehead atoms. The van der Waals surface area contributed by atoms with E-state index in [0.29, 0.717) is 0 Å². The zero-order valence-electron chi connectivity index (χ0n) is 19.0. The van der Waals surface area contributed by atoms with Crippen LogP contribution in [0.1, 0.15) is 40.2 Å². The van der Waals surface area contributed by atoms with Crippen LogP contribution < -0.4 is 5.06 Å². The molecular weight excluding hydrogens is 418 g/mol. The van der Waals surface area contributed by atoms with E-state index in [1.807, 2.05) is 43.3 Å². The summed E-state index contributed by atoms with van der Waals surface area (Å²) in [5, 5.41) is 2.05. The van der Waals surface area contributed by atoms with Crippen molar-refractivity contribution in [2.75, 3.05) is 5.06 Å². The summed E-state index contributed by atoms with van der Waals surface area (Å²) in [6.45, 7) is 2.05. The molecule has 5 aromatic rings. The van der Waals surface area contributed by atoms with Crippen LogP contribution in [0.5, 0.6) is 0 Å². The van der Waals surface area contributed by atoms with Gasteiger partial charge in [0.2, 0.25) is 0 Å². The Morgan fingerprint density at radius 1 is 0.588 bits per heavy atom. The third kappa shape index (κ3) is 3.51. The monoisotopic (exact) mass is 443 g/mol. The summed E-state index contributed by atoms with van der Waals surface area (Å²) in [7, 11) is 0. The predicted molar refractivity (Wildman–Crippen MR) is 135 cm³/mol. The molecule has 1 aromatic heterocycles. The molecule has 6 rings (SSSR count). The fourth-order valence-electron chi connectivity index (χ4n) is 4.90. The number of para-hydroxylation sites is 1. The van der Waals surface area contributed by atoms with Crippen molar-refractivity contribution in [2.24, 2.45) is 0 Å². The first-order valence-corrected chi connectivity index (χ1v) is 11.6. The lowest BCUT2D eigenvalue weighted by molar-refractivity contribution is 0.0307. The summed E-state index contributed by atoms with van der Waals surface area (Å²) < 4.78 is 6.53. The molecule has 1 aliphatic heterocycles. The molecule has 0 aliphatic carbocycles. The largest absolute Gasteiger partial charge is 0.461 e. The highest BCUT2D eigenvalue weighted by molar-refractivity contribution is 5.69. The zero-order chi connectivity index (χ0) is 22.9. The van der Waals surface area contributed by atoms with E-state index in [4.69, 9.17) is 9.25 Å². The molecule has 0 radical (unpaired) electrons. The van der Waals surface area contributed by atoms with Crippen molar-refractivity contribution in [3.63, 3.8) is 0 Å². The fraction of sp³-hybridized carbons (Fsp3) is 0.0968. The molecule has 3 heteroatoms. The quantitative estimate of drug-likeness (QED) is 0.282. The van der Waals surface area contributed by atoms with E-state index in [1.165, 1.54) is 0 Å². The Morgan fingerprint density at radius 3 is 1.74 bits per heavy atom. The third-order valence-electron chi connectivity index (χ3n) is 6.42. The molecular formula is C31H25NO2. The van der Waals surface area contributed by atoms with Gasteiger partial charge in [0.05, 0.1) is 5.69 Å². The minimum absolute atomic E-state index is 0.161. The number of furan rings is 1. The Labute approximate surface area is 199 Å². The molecule has 4 aromatic carbocycles. The molecule has 0 spiro atoms. The second-order valence-electron chi connectivity index (χ2n) is 8.55. The van der Waals surface area contributed by atoms with Gasteiger partial charge in [0.1, 0.15) is 23.7 Å². The summed E-state index contributed by atoms with van der Waals surface area (Å²) >= 11 is 0. The topological polar surface area (TPSA) is 25.6 Å². The van der Waals surface area contributed by atoms with Crippen molar-refractivity contribution in [2.45, 2.75) is 19.1 Å². The number of rotatable bonds is 4. The Kier molecular flexibility index (Phi) is 5.25. The van der Waals surface area contributed by atoms with Gasteiger partial charge in [-0.05, 0) is 30.2 Å². The lowest BCUT2D eigenvalue weighted by Gasteiger charge is -2.41. The molecule has 0 N–H and O–H groups in total. The Bertz CT molecular complexity index is 1380. The molecule has 0 saturated carbocycles. The SMILES string of the molecule is Cc1oc(-c2ccccc2)c2c1[C@H](c1ccccc1)ON(c1ccccc1)[C@@H]2c1ccccc1. The van der Waals surface area contributed by atoms with Crippen molar-refractivity contribution in [3.8, 4) is 11.3 Å². The summed E-state index contributed by atoms with van der Waals surface area (Å²) in [4.78, 5) is 6.86. The number of benzene rings is 4. The van der Waals surface area contributed by atoms with Gasteiger partial charge in [-0.15, -0.1) is 0 Å². The van der Waals surface area contributed by atoms with E-state index < -0.39 is 0 Å². The molecule has 2 atom stereocenters. The van der Waals surface area contributed by atoms with Crippen LogP contribution in [0.4, 0.5) is 5.69 Å². The molecule has 0 unspecified atom stereocenters. The van der Waals surface area contributed by atoms with E-state index in [-0.39, 0.29) is 12.1 Å². The molecule has 3 nitrogen and oxygen atoms in total.